The van der Waals surface area contributed by atoms with E-state index in [2.05, 4.69) is 28.9 Å². The molecule has 8 nitrogen and oxygen atoms in total. The van der Waals surface area contributed by atoms with Gasteiger partial charge in [0.2, 0.25) is 0 Å². The van der Waals surface area contributed by atoms with Gasteiger partial charge in [-0.3, -0.25) is 14.7 Å². The second kappa shape index (κ2) is 10.3. The van der Waals surface area contributed by atoms with Gasteiger partial charge in [-0.15, -0.1) is 0 Å². The van der Waals surface area contributed by atoms with Crippen LogP contribution >= 0.6 is 0 Å². The van der Waals surface area contributed by atoms with Gasteiger partial charge < -0.3 is 20.6 Å². The van der Waals surface area contributed by atoms with Crippen molar-refractivity contribution >= 4 is 17.3 Å². The zero-order valence-corrected chi connectivity index (χ0v) is 20.5. The summed E-state index contributed by atoms with van der Waals surface area (Å²) >= 11 is 0. The van der Waals surface area contributed by atoms with Crippen LogP contribution in [0.3, 0.4) is 0 Å². The molecule has 0 aliphatic carbocycles. The van der Waals surface area contributed by atoms with Crippen LogP contribution in [0.1, 0.15) is 45.7 Å². The molecule has 2 aromatic carbocycles. The highest BCUT2D eigenvalue weighted by molar-refractivity contribution is 5.74. The SMILES string of the molecule is Cc1ccc(C(CC(=O)O)c2ccc(N(C)N)c(N)c2C)cc1CN1CCOc2ccncc2C1. The molecule has 1 atom stereocenters. The number of ether oxygens (including phenoxy) is 1. The standard InChI is InChI=1S/C27H33N5O3/c1-17-4-5-19(12-20(17)15-32-10-11-35-25-8-9-30-14-21(25)16-32)23(13-26(33)34)22-6-7-24(31(3)29)27(28)18(22)2/h4-9,12,14,23H,10-11,13,15-16,28-29H2,1-3H3,(H,33,34). The molecule has 0 bridgehead atoms. The quantitative estimate of drug-likeness (QED) is 0.270. The predicted molar refractivity (Wildman–Crippen MR) is 137 cm³/mol. The first-order valence-electron chi connectivity index (χ1n) is 11.7. The predicted octanol–water partition coefficient (Wildman–Crippen LogP) is 3.59. The van der Waals surface area contributed by atoms with Gasteiger partial charge in [-0.2, -0.15) is 0 Å². The lowest BCUT2D eigenvalue weighted by Gasteiger charge is -2.25. The van der Waals surface area contributed by atoms with Gasteiger partial charge in [0.25, 0.3) is 0 Å². The molecule has 184 valence electrons. The van der Waals surface area contributed by atoms with Gasteiger partial charge in [0.1, 0.15) is 12.4 Å². The number of benzene rings is 2. The van der Waals surface area contributed by atoms with E-state index in [9.17, 15) is 9.90 Å². The number of aryl methyl sites for hydroxylation is 1. The number of pyridine rings is 1. The van der Waals surface area contributed by atoms with Crippen LogP contribution in [0.15, 0.2) is 48.8 Å². The first-order chi connectivity index (χ1) is 16.7. The maximum absolute atomic E-state index is 11.9. The van der Waals surface area contributed by atoms with Crippen molar-refractivity contribution in [1.82, 2.24) is 9.88 Å². The molecule has 0 fully saturated rings. The van der Waals surface area contributed by atoms with E-state index in [-0.39, 0.29) is 12.3 Å². The molecule has 1 aromatic heterocycles. The van der Waals surface area contributed by atoms with Crippen LogP contribution < -0.4 is 21.3 Å². The summed E-state index contributed by atoms with van der Waals surface area (Å²) in [4.78, 5) is 18.4. The summed E-state index contributed by atoms with van der Waals surface area (Å²) in [5.41, 5.74) is 13.7. The monoisotopic (exact) mass is 475 g/mol. The van der Waals surface area contributed by atoms with Crippen LogP contribution in [0.5, 0.6) is 5.75 Å². The van der Waals surface area contributed by atoms with Crippen molar-refractivity contribution in [3.8, 4) is 5.75 Å². The van der Waals surface area contributed by atoms with Crippen LogP contribution in [0.25, 0.3) is 0 Å². The second-order valence-electron chi connectivity index (χ2n) is 9.20. The molecule has 8 heteroatoms. The third-order valence-electron chi connectivity index (χ3n) is 6.76. The van der Waals surface area contributed by atoms with Crippen LogP contribution in [0.4, 0.5) is 11.4 Å². The Kier molecular flexibility index (Phi) is 7.23. The molecule has 35 heavy (non-hydrogen) atoms. The molecular weight excluding hydrogens is 442 g/mol. The molecule has 5 N–H and O–H groups in total. The number of carboxylic acid groups (broad SMARTS) is 1. The summed E-state index contributed by atoms with van der Waals surface area (Å²) in [6, 6.07) is 11.9. The number of carbonyl (C=O) groups is 1. The van der Waals surface area contributed by atoms with Gasteiger partial charge >= 0.3 is 5.97 Å². The van der Waals surface area contributed by atoms with Crippen molar-refractivity contribution in [2.45, 2.75) is 39.3 Å². The van der Waals surface area contributed by atoms with Crippen molar-refractivity contribution in [3.63, 3.8) is 0 Å². The van der Waals surface area contributed by atoms with E-state index in [4.69, 9.17) is 16.3 Å². The molecule has 1 aliphatic rings. The topological polar surface area (TPSA) is 118 Å². The van der Waals surface area contributed by atoms with Crippen LogP contribution in [0.2, 0.25) is 0 Å². The zero-order valence-electron chi connectivity index (χ0n) is 20.5. The summed E-state index contributed by atoms with van der Waals surface area (Å²) in [5, 5.41) is 11.2. The number of rotatable bonds is 7. The number of carboxylic acids is 1. The average molecular weight is 476 g/mol. The van der Waals surface area contributed by atoms with Crippen LogP contribution in [-0.2, 0) is 17.9 Å². The molecule has 1 unspecified atom stereocenters. The maximum Gasteiger partial charge on any atom is 0.304 e. The van der Waals surface area contributed by atoms with Crippen molar-refractivity contribution in [2.24, 2.45) is 5.84 Å². The zero-order chi connectivity index (χ0) is 25.1. The molecule has 0 saturated heterocycles. The summed E-state index contributed by atoms with van der Waals surface area (Å²) in [6.45, 7) is 6.89. The maximum atomic E-state index is 11.9. The fraction of sp³-hybridized carbons (Fsp3) is 0.333. The number of fused-ring (bicyclic) bond motifs is 1. The van der Waals surface area contributed by atoms with E-state index in [1.165, 1.54) is 5.01 Å². The molecular formula is C27H33N5O3. The van der Waals surface area contributed by atoms with Crippen molar-refractivity contribution in [3.05, 3.63) is 82.2 Å². The fourth-order valence-corrected chi connectivity index (χ4v) is 4.73. The molecule has 4 rings (SSSR count). The van der Waals surface area contributed by atoms with Gasteiger partial charge in [0, 0.05) is 50.6 Å². The Morgan fingerprint density at radius 3 is 2.80 bits per heavy atom. The van der Waals surface area contributed by atoms with E-state index in [1.54, 1.807) is 13.2 Å². The number of nitrogen functional groups attached to an aromatic ring is 1. The first kappa shape index (κ1) is 24.5. The highest BCUT2D eigenvalue weighted by Crippen LogP contribution is 2.37. The minimum absolute atomic E-state index is 0.0306. The lowest BCUT2D eigenvalue weighted by Crippen LogP contribution is -2.26. The van der Waals surface area contributed by atoms with E-state index >= 15 is 0 Å². The van der Waals surface area contributed by atoms with Gasteiger partial charge in [-0.1, -0.05) is 24.3 Å². The molecule has 0 saturated carbocycles. The molecule has 3 aromatic rings. The van der Waals surface area contributed by atoms with Gasteiger partial charge in [-0.05, 0) is 53.8 Å². The third-order valence-corrected chi connectivity index (χ3v) is 6.76. The third kappa shape index (κ3) is 5.39. The largest absolute Gasteiger partial charge is 0.492 e. The van der Waals surface area contributed by atoms with E-state index in [0.29, 0.717) is 18.0 Å². The molecule has 0 spiro atoms. The Hall–Kier alpha value is -3.62. The Morgan fingerprint density at radius 1 is 1.26 bits per heavy atom. The minimum Gasteiger partial charge on any atom is -0.492 e. The summed E-state index contributed by atoms with van der Waals surface area (Å²) < 4.78 is 5.89. The smallest absolute Gasteiger partial charge is 0.304 e. The lowest BCUT2D eigenvalue weighted by atomic mass is 9.84. The molecule has 0 radical (unpaired) electrons. The van der Waals surface area contributed by atoms with E-state index < -0.39 is 5.97 Å². The Balaban J connectivity index is 1.67. The number of hydrazine groups is 1. The van der Waals surface area contributed by atoms with Gasteiger partial charge in [0.05, 0.1) is 17.8 Å². The number of nitrogens with two attached hydrogens (primary N) is 2. The van der Waals surface area contributed by atoms with Crippen molar-refractivity contribution in [2.75, 3.05) is 30.9 Å². The number of anilines is 2. The summed E-state index contributed by atoms with van der Waals surface area (Å²) in [7, 11) is 1.73. The number of nitrogens with zero attached hydrogens (tertiary/aromatic N) is 3. The van der Waals surface area contributed by atoms with Crippen molar-refractivity contribution < 1.29 is 14.6 Å². The highest BCUT2D eigenvalue weighted by atomic mass is 16.5. The van der Waals surface area contributed by atoms with E-state index in [1.807, 2.05) is 37.4 Å². The Labute approximate surface area is 206 Å². The number of aromatic nitrogens is 1. The number of hydrogen-bond acceptors (Lipinski definition) is 7. The normalized spacial score (nSPS) is 14.5. The lowest BCUT2D eigenvalue weighted by molar-refractivity contribution is -0.137. The van der Waals surface area contributed by atoms with Gasteiger partial charge in [-0.25, -0.2) is 5.84 Å². The number of hydrogen-bond donors (Lipinski definition) is 3. The fourth-order valence-electron chi connectivity index (χ4n) is 4.73. The number of aliphatic carboxylic acids is 1. The van der Waals surface area contributed by atoms with Crippen LogP contribution in [0, 0.1) is 13.8 Å². The Morgan fingerprint density at radius 2 is 2.06 bits per heavy atom. The van der Waals surface area contributed by atoms with Crippen LogP contribution in [-0.4, -0.2) is 41.2 Å². The molecule has 2 heterocycles. The first-order valence-corrected chi connectivity index (χ1v) is 11.7. The summed E-state index contributed by atoms with van der Waals surface area (Å²) in [6.07, 6.45) is 3.57. The van der Waals surface area contributed by atoms with E-state index in [0.717, 1.165) is 58.8 Å². The second-order valence-corrected chi connectivity index (χ2v) is 9.20. The average Bonchev–Trinajstić information content (AvgIpc) is 3.02. The van der Waals surface area contributed by atoms with Crippen molar-refractivity contribution in [1.29, 1.82) is 0 Å². The highest BCUT2D eigenvalue weighted by Gasteiger charge is 2.23. The summed E-state index contributed by atoms with van der Waals surface area (Å²) in [5.74, 6) is 5.61. The van der Waals surface area contributed by atoms with Gasteiger partial charge in [0.15, 0.2) is 0 Å². The Bertz CT molecular complexity index is 1230. The minimum atomic E-state index is -0.858. The molecule has 1 aliphatic heterocycles. The molecule has 0 amide bonds.